The number of hydrogen-bond acceptors (Lipinski definition) is 4. The van der Waals surface area contributed by atoms with Gasteiger partial charge in [0.2, 0.25) is 5.91 Å². The van der Waals surface area contributed by atoms with Gasteiger partial charge in [-0.1, -0.05) is 12.1 Å². The van der Waals surface area contributed by atoms with Crippen LogP contribution in [0.15, 0.2) is 35.4 Å². The van der Waals surface area contributed by atoms with Crippen LogP contribution in [-0.2, 0) is 11.3 Å². The zero-order valence-electron chi connectivity index (χ0n) is 12.4. The number of piperidine rings is 1. The van der Waals surface area contributed by atoms with Crippen LogP contribution in [0.2, 0.25) is 0 Å². The molecule has 1 aromatic heterocycles. The first-order chi connectivity index (χ1) is 10.6. The molecular formula is C16H20N4O2. The molecule has 116 valence electrons. The lowest BCUT2D eigenvalue weighted by Crippen LogP contribution is -2.46. The van der Waals surface area contributed by atoms with Crippen LogP contribution in [0.25, 0.3) is 10.9 Å². The van der Waals surface area contributed by atoms with Gasteiger partial charge in [-0.05, 0) is 25.0 Å². The minimum Gasteiger partial charge on any atom is -0.341 e. The highest BCUT2D eigenvalue weighted by atomic mass is 16.2. The Labute approximate surface area is 128 Å². The van der Waals surface area contributed by atoms with E-state index in [4.69, 9.17) is 5.73 Å². The summed E-state index contributed by atoms with van der Waals surface area (Å²) >= 11 is 0. The fraction of sp³-hybridized carbons (Fsp3) is 0.438. The predicted octanol–water partition coefficient (Wildman–Crippen LogP) is 0.736. The SMILES string of the molecule is N[C@H]1CCCN(C(=O)CCn2cnc3ccccc3c2=O)C1. The van der Waals surface area contributed by atoms with E-state index in [1.165, 1.54) is 10.9 Å². The number of rotatable bonds is 3. The molecule has 3 rings (SSSR count). The lowest BCUT2D eigenvalue weighted by atomic mass is 10.1. The molecule has 0 unspecified atom stereocenters. The van der Waals surface area contributed by atoms with Crippen molar-refractivity contribution < 1.29 is 4.79 Å². The number of carbonyl (C=O) groups excluding carboxylic acids is 1. The van der Waals surface area contributed by atoms with E-state index in [1.807, 2.05) is 12.1 Å². The molecule has 0 spiro atoms. The minimum absolute atomic E-state index is 0.0511. The summed E-state index contributed by atoms with van der Waals surface area (Å²) in [6.07, 6.45) is 3.73. The molecule has 2 N–H and O–H groups in total. The third-order valence-corrected chi connectivity index (χ3v) is 4.11. The van der Waals surface area contributed by atoms with Crippen molar-refractivity contribution in [2.45, 2.75) is 31.8 Å². The quantitative estimate of drug-likeness (QED) is 0.906. The minimum atomic E-state index is -0.103. The molecule has 6 heteroatoms. The second-order valence-corrected chi connectivity index (χ2v) is 5.75. The summed E-state index contributed by atoms with van der Waals surface area (Å²) < 4.78 is 1.50. The van der Waals surface area contributed by atoms with Crippen molar-refractivity contribution in [1.82, 2.24) is 14.5 Å². The molecule has 6 nitrogen and oxygen atoms in total. The van der Waals surface area contributed by atoms with Crippen molar-refractivity contribution in [3.05, 3.63) is 40.9 Å². The first-order valence-electron chi connectivity index (χ1n) is 7.62. The fourth-order valence-corrected chi connectivity index (χ4v) is 2.88. The number of likely N-dealkylation sites (tertiary alicyclic amines) is 1. The molecule has 1 amide bonds. The van der Waals surface area contributed by atoms with Crippen LogP contribution in [-0.4, -0.2) is 39.5 Å². The molecule has 22 heavy (non-hydrogen) atoms. The standard InChI is InChI=1S/C16H20N4O2/c17-12-4-3-8-19(10-12)15(21)7-9-20-11-18-14-6-2-1-5-13(14)16(20)22/h1-2,5-6,11-12H,3-4,7-10,17H2/t12-/m0/s1. The zero-order valence-corrected chi connectivity index (χ0v) is 12.4. The van der Waals surface area contributed by atoms with Gasteiger partial charge < -0.3 is 10.6 Å². The maximum Gasteiger partial charge on any atom is 0.261 e. The molecule has 2 aromatic rings. The Morgan fingerprint density at radius 3 is 3.00 bits per heavy atom. The third-order valence-electron chi connectivity index (χ3n) is 4.11. The average molecular weight is 300 g/mol. The van der Waals surface area contributed by atoms with Crippen LogP contribution < -0.4 is 11.3 Å². The van der Waals surface area contributed by atoms with E-state index in [2.05, 4.69) is 4.98 Å². The maximum absolute atomic E-state index is 12.3. The second kappa shape index (κ2) is 6.27. The van der Waals surface area contributed by atoms with Crippen molar-refractivity contribution in [3.63, 3.8) is 0 Å². The van der Waals surface area contributed by atoms with Gasteiger partial charge >= 0.3 is 0 Å². The number of hydrogen-bond donors (Lipinski definition) is 1. The van der Waals surface area contributed by atoms with Gasteiger partial charge in [0, 0.05) is 32.1 Å². The molecule has 2 heterocycles. The van der Waals surface area contributed by atoms with Gasteiger partial charge in [0.25, 0.3) is 5.56 Å². The monoisotopic (exact) mass is 300 g/mol. The summed E-state index contributed by atoms with van der Waals surface area (Å²) in [5, 5.41) is 0.581. The number of aryl methyl sites for hydroxylation is 1. The van der Waals surface area contributed by atoms with Gasteiger partial charge in [0.05, 0.1) is 17.2 Å². The van der Waals surface area contributed by atoms with Crippen molar-refractivity contribution in [3.8, 4) is 0 Å². The van der Waals surface area contributed by atoms with Crippen molar-refractivity contribution in [2.75, 3.05) is 13.1 Å². The van der Waals surface area contributed by atoms with Gasteiger partial charge in [-0.15, -0.1) is 0 Å². The average Bonchev–Trinajstić information content (AvgIpc) is 2.54. The Morgan fingerprint density at radius 2 is 2.18 bits per heavy atom. The largest absolute Gasteiger partial charge is 0.341 e. The molecule has 1 fully saturated rings. The highest BCUT2D eigenvalue weighted by molar-refractivity contribution is 5.77. The fourth-order valence-electron chi connectivity index (χ4n) is 2.88. The van der Waals surface area contributed by atoms with E-state index >= 15 is 0 Å². The van der Waals surface area contributed by atoms with Crippen molar-refractivity contribution in [1.29, 1.82) is 0 Å². The van der Waals surface area contributed by atoms with Crippen molar-refractivity contribution >= 4 is 16.8 Å². The summed E-state index contributed by atoms with van der Waals surface area (Å²) in [5.74, 6) is 0.0511. The van der Waals surface area contributed by atoms with Gasteiger partial charge in [-0.3, -0.25) is 14.2 Å². The lowest BCUT2D eigenvalue weighted by Gasteiger charge is -2.30. The van der Waals surface area contributed by atoms with E-state index in [1.54, 1.807) is 17.0 Å². The molecule has 1 aromatic carbocycles. The maximum atomic E-state index is 12.3. The lowest BCUT2D eigenvalue weighted by molar-refractivity contribution is -0.132. The highest BCUT2D eigenvalue weighted by Crippen LogP contribution is 2.10. The number of nitrogens with zero attached hydrogens (tertiary/aromatic N) is 3. The first-order valence-corrected chi connectivity index (χ1v) is 7.62. The van der Waals surface area contributed by atoms with Gasteiger partial charge in [0.15, 0.2) is 0 Å². The smallest absolute Gasteiger partial charge is 0.261 e. The number of carbonyl (C=O) groups is 1. The van der Waals surface area contributed by atoms with Crippen LogP contribution in [0.4, 0.5) is 0 Å². The summed E-state index contributed by atoms with van der Waals surface area (Å²) in [6.45, 7) is 1.72. The number of amides is 1. The van der Waals surface area contributed by atoms with E-state index in [-0.39, 0.29) is 17.5 Å². The normalized spacial score (nSPS) is 18.6. The summed E-state index contributed by atoms with van der Waals surface area (Å²) in [5.41, 5.74) is 6.47. The molecule has 1 aliphatic rings. The molecule has 1 atom stereocenters. The highest BCUT2D eigenvalue weighted by Gasteiger charge is 2.20. The van der Waals surface area contributed by atoms with Gasteiger partial charge in [-0.25, -0.2) is 4.98 Å². The second-order valence-electron chi connectivity index (χ2n) is 5.75. The van der Waals surface area contributed by atoms with Gasteiger partial charge in [0.1, 0.15) is 0 Å². The summed E-state index contributed by atoms with van der Waals surface area (Å²) in [7, 11) is 0. The molecule has 0 bridgehead atoms. The zero-order chi connectivity index (χ0) is 15.5. The van der Waals surface area contributed by atoms with Crippen LogP contribution in [0.3, 0.4) is 0 Å². The van der Waals surface area contributed by atoms with E-state index < -0.39 is 0 Å². The summed E-state index contributed by atoms with van der Waals surface area (Å²) in [4.78, 5) is 30.6. The van der Waals surface area contributed by atoms with E-state index in [0.717, 1.165) is 19.4 Å². The molecule has 1 aliphatic heterocycles. The Morgan fingerprint density at radius 1 is 1.36 bits per heavy atom. The number of para-hydroxylation sites is 1. The van der Waals surface area contributed by atoms with Gasteiger partial charge in [-0.2, -0.15) is 0 Å². The predicted molar refractivity (Wildman–Crippen MR) is 84.4 cm³/mol. The Hall–Kier alpha value is -2.21. The van der Waals surface area contributed by atoms with Crippen LogP contribution >= 0.6 is 0 Å². The van der Waals surface area contributed by atoms with Crippen molar-refractivity contribution in [2.24, 2.45) is 5.73 Å². The van der Waals surface area contributed by atoms with Crippen LogP contribution in [0.1, 0.15) is 19.3 Å². The molecular weight excluding hydrogens is 280 g/mol. The number of nitrogens with two attached hydrogens (primary N) is 1. The summed E-state index contributed by atoms with van der Waals surface area (Å²) in [6, 6.07) is 7.30. The number of benzene rings is 1. The first kappa shape index (κ1) is 14.7. The topological polar surface area (TPSA) is 81.2 Å². The number of fused-ring (bicyclic) bond motifs is 1. The van der Waals surface area contributed by atoms with Crippen LogP contribution in [0.5, 0.6) is 0 Å². The molecule has 1 saturated heterocycles. The Balaban J connectivity index is 1.70. The van der Waals surface area contributed by atoms with E-state index in [0.29, 0.717) is 30.4 Å². The number of aromatic nitrogens is 2. The third kappa shape index (κ3) is 3.01. The Bertz CT molecular complexity index is 740. The van der Waals surface area contributed by atoms with E-state index in [9.17, 15) is 9.59 Å². The molecule has 0 saturated carbocycles. The Kier molecular flexibility index (Phi) is 4.20. The van der Waals surface area contributed by atoms with Crippen LogP contribution in [0, 0.1) is 0 Å². The molecule has 0 radical (unpaired) electrons. The molecule has 0 aliphatic carbocycles.